The van der Waals surface area contributed by atoms with Crippen molar-refractivity contribution in [1.82, 2.24) is 4.98 Å². The number of benzene rings is 2. The maximum absolute atomic E-state index is 13.2. The van der Waals surface area contributed by atoms with Crippen LogP contribution in [0.2, 0.25) is 0 Å². The second-order valence-electron chi connectivity index (χ2n) is 7.15. The van der Waals surface area contributed by atoms with Gasteiger partial charge < -0.3 is 13.9 Å². The van der Waals surface area contributed by atoms with Crippen molar-refractivity contribution in [3.05, 3.63) is 84.1 Å². The Balaban J connectivity index is 1.65. The molecule has 7 nitrogen and oxygen atoms in total. The summed E-state index contributed by atoms with van der Waals surface area (Å²) >= 11 is 4.28. The number of fused-ring (bicyclic) bond motifs is 2. The molecule has 0 radical (unpaired) electrons. The van der Waals surface area contributed by atoms with Crippen LogP contribution in [0.4, 0.5) is 0 Å². The summed E-state index contributed by atoms with van der Waals surface area (Å²) in [4.78, 5) is 43.1. The highest BCUT2D eigenvalue weighted by atomic mass is 79.9. The van der Waals surface area contributed by atoms with Crippen LogP contribution in [0.3, 0.4) is 0 Å². The van der Waals surface area contributed by atoms with Gasteiger partial charge in [0.05, 0.1) is 30.7 Å². The fourth-order valence-electron chi connectivity index (χ4n) is 3.67. The van der Waals surface area contributed by atoms with Crippen molar-refractivity contribution in [3.8, 4) is 22.2 Å². The fraction of sp³-hybridized carbons (Fsp3) is 0.130. The van der Waals surface area contributed by atoms with Crippen LogP contribution in [0.15, 0.2) is 67.2 Å². The number of methoxy groups -OCH3 is 1. The third kappa shape index (κ3) is 3.53. The standard InChI is InChI=1S/C23H14BrNO6S/c1-29-13-5-2-11(3-6-13)22-25-21-19(23(28)32-22)15(9-18(26)31-21)16-10-30-17-8-12(24)4-7-14(17)20(16)27/h2-8,10,15H,9H2,1H3. The van der Waals surface area contributed by atoms with E-state index in [4.69, 9.17) is 13.9 Å². The molecule has 1 aliphatic rings. The van der Waals surface area contributed by atoms with Gasteiger partial charge in [-0.1, -0.05) is 27.3 Å². The van der Waals surface area contributed by atoms with E-state index in [2.05, 4.69) is 20.9 Å². The average molecular weight is 512 g/mol. The predicted octanol–water partition coefficient (Wildman–Crippen LogP) is 4.49. The van der Waals surface area contributed by atoms with E-state index in [0.717, 1.165) is 15.8 Å². The number of aromatic nitrogens is 1. The molecule has 1 aliphatic heterocycles. The highest BCUT2D eigenvalue weighted by molar-refractivity contribution is 9.10. The summed E-state index contributed by atoms with van der Waals surface area (Å²) in [6, 6.07) is 12.1. The van der Waals surface area contributed by atoms with E-state index in [1.165, 1.54) is 6.26 Å². The predicted molar refractivity (Wildman–Crippen MR) is 123 cm³/mol. The molecule has 0 amide bonds. The lowest BCUT2D eigenvalue weighted by molar-refractivity contribution is -0.135. The van der Waals surface area contributed by atoms with Crippen LogP contribution in [-0.2, 0) is 4.79 Å². The van der Waals surface area contributed by atoms with Gasteiger partial charge in [-0.3, -0.25) is 14.4 Å². The molecule has 5 rings (SSSR count). The summed E-state index contributed by atoms with van der Waals surface area (Å²) in [5.74, 6) is -0.768. The Kier molecular flexibility index (Phi) is 5.15. The first-order valence-corrected chi connectivity index (χ1v) is 11.2. The van der Waals surface area contributed by atoms with Gasteiger partial charge in [-0.15, -0.1) is 0 Å². The average Bonchev–Trinajstić information content (AvgIpc) is 2.78. The van der Waals surface area contributed by atoms with Gasteiger partial charge in [-0.05, 0) is 42.5 Å². The molecule has 2 aromatic carbocycles. The molecule has 0 N–H and O–H groups in total. The number of hydrogen-bond donors (Lipinski definition) is 0. The van der Waals surface area contributed by atoms with Crippen molar-refractivity contribution >= 4 is 44.2 Å². The van der Waals surface area contributed by atoms with Gasteiger partial charge >= 0.3 is 5.97 Å². The van der Waals surface area contributed by atoms with Gasteiger partial charge in [0.15, 0.2) is 5.43 Å². The fourth-order valence-corrected chi connectivity index (χ4v) is 4.91. The normalized spacial score (nSPS) is 15.3. The topological polar surface area (TPSA) is 95.7 Å². The number of carbonyl (C=O) groups excluding carboxylic acids is 1. The Morgan fingerprint density at radius 2 is 1.91 bits per heavy atom. The molecule has 0 saturated heterocycles. The van der Waals surface area contributed by atoms with E-state index in [1.54, 1.807) is 49.6 Å². The monoisotopic (exact) mass is 511 g/mol. The summed E-state index contributed by atoms with van der Waals surface area (Å²) in [6.45, 7) is 0. The molecule has 32 heavy (non-hydrogen) atoms. The van der Waals surface area contributed by atoms with Gasteiger partial charge in [-0.2, -0.15) is 0 Å². The molecule has 4 aromatic rings. The summed E-state index contributed by atoms with van der Waals surface area (Å²) in [7, 11) is 1.56. The molecule has 0 bridgehead atoms. The van der Waals surface area contributed by atoms with E-state index in [-0.39, 0.29) is 33.6 Å². The Bertz CT molecular complexity index is 1490. The molecule has 160 valence electrons. The Morgan fingerprint density at radius 1 is 1.12 bits per heavy atom. The zero-order valence-corrected chi connectivity index (χ0v) is 19.0. The number of carbonyl (C=O) groups is 1. The molecule has 0 fully saturated rings. The largest absolute Gasteiger partial charge is 0.497 e. The highest BCUT2D eigenvalue weighted by Crippen LogP contribution is 2.37. The quantitative estimate of drug-likeness (QED) is 0.374. The molecule has 1 atom stereocenters. The van der Waals surface area contributed by atoms with Gasteiger partial charge in [0, 0.05) is 21.5 Å². The van der Waals surface area contributed by atoms with Crippen molar-refractivity contribution in [2.45, 2.75) is 12.3 Å². The van der Waals surface area contributed by atoms with Crippen molar-refractivity contribution < 1.29 is 18.7 Å². The smallest absolute Gasteiger partial charge is 0.313 e. The molecule has 9 heteroatoms. The number of halogens is 1. The molecule has 3 heterocycles. The van der Waals surface area contributed by atoms with E-state index >= 15 is 0 Å². The lowest BCUT2D eigenvalue weighted by atomic mass is 9.89. The van der Waals surface area contributed by atoms with Gasteiger partial charge in [0.1, 0.15) is 16.3 Å². The van der Waals surface area contributed by atoms with Gasteiger partial charge in [0.2, 0.25) is 10.6 Å². The van der Waals surface area contributed by atoms with E-state index in [9.17, 15) is 14.4 Å². The summed E-state index contributed by atoms with van der Waals surface area (Å²) in [5.41, 5.74) is 1.21. The number of ether oxygens (including phenoxy) is 2. The van der Waals surface area contributed by atoms with Crippen LogP contribution in [-0.4, -0.2) is 18.1 Å². The Hall–Kier alpha value is -3.30. The molecule has 0 aliphatic carbocycles. The van der Waals surface area contributed by atoms with E-state index in [1.807, 2.05) is 0 Å². The van der Waals surface area contributed by atoms with Crippen molar-refractivity contribution in [3.63, 3.8) is 0 Å². The second-order valence-corrected chi connectivity index (χ2v) is 9.02. The maximum Gasteiger partial charge on any atom is 0.313 e. The lowest BCUT2D eigenvalue weighted by Crippen LogP contribution is -2.29. The number of nitrogens with zero attached hydrogens (tertiary/aromatic N) is 1. The number of esters is 1. The molecule has 1 unspecified atom stereocenters. The zero-order valence-electron chi connectivity index (χ0n) is 16.6. The first kappa shape index (κ1) is 20.6. The van der Waals surface area contributed by atoms with Crippen LogP contribution in [0.5, 0.6) is 11.6 Å². The highest BCUT2D eigenvalue weighted by Gasteiger charge is 2.35. The van der Waals surface area contributed by atoms with Crippen LogP contribution in [0.25, 0.3) is 21.5 Å². The SMILES string of the molecule is COc1ccc(-c2nc3c(c(=O)s2)C(c2coc4cc(Br)ccc4c2=O)CC(=O)O3)cc1. The third-order valence-electron chi connectivity index (χ3n) is 5.25. The number of rotatable bonds is 3. The number of hydrogen-bond acceptors (Lipinski definition) is 8. The minimum Gasteiger partial charge on any atom is -0.497 e. The van der Waals surface area contributed by atoms with Crippen molar-refractivity contribution in [2.75, 3.05) is 7.11 Å². The zero-order chi connectivity index (χ0) is 22.4. The molecule has 2 aromatic heterocycles. The summed E-state index contributed by atoms with van der Waals surface area (Å²) < 4.78 is 16.6. The molecule has 0 spiro atoms. The van der Waals surface area contributed by atoms with Crippen LogP contribution >= 0.6 is 27.3 Å². The Morgan fingerprint density at radius 3 is 2.66 bits per heavy atom. The molecule has 0 saturated carbocycles. The second kappa shape index (κ2) is 7.99. The Labute approximate surface area is 193 Å². The van der Waals surface area contributed by atoms with Crippen LogP contribution in [0.1, 0.15) is 23.5 Å². The summed E-state index contributed by atoms with van der Waals surface area (Å²) in [6.07, 6.45) is 1.16. The minimum atomic E-state index is -0.795. The van der Waals surface area contributed by atoms with Gasteiger partial charge in [-0.25, -0.2) is 4.98 Å². The molecular formula is C23H14BrNO6S. The summed E-state index contributed by atoms with van der Waals surface area (Å²) in [5, 5.41) is 0.769. The third-order valence-corrected chi connectivity index (χ3v) is 6.67. The maximum atomic E-state index is 13.2. The first-order chi connectivity index (χ1) is 15.4. The van der Waals surface area contributed by atoms with E-state index in [0.29, 0.717) is 27.3 Å². The lowest BCUT2D eigenvalue weighted by Gasteiger charge is -2.22. The minimum absolute atomic E-state index is 0.0730. The van der Waals surface area contributed by atoms with Crippen LogP contribution in [0, 0.1) is 0 Å². The molecular weight excluding hydrogens is 498 g/mol. The van der Waals surface area contributed by atoms with Crippen molar-refractivity contribution in [1.29, 1.82) is 0 Å². The van der Waals surface area contributed by atoms with Crippen LogP contribution < -0.4 is 19.6 Å². The van der Waals surface area contributed by atoms with Gasteiger partial charge in [0.25, 0.3) is 0 Å². The van der Waals surface area contributed by atoms with Crippen molar-refractivity contribution in [2.24, 2.45) is 0 Å². The first-order valence-electron chi connectivity index (χ1n) is 9.55. The van der Waals surface area contributed by atoms with E-state index < -0.39 is 11.9 Å².